The second kappa shape index (κ2) is 6.55. The molecule has 3 aliphatic carbocycles. The van der Waals surface area contributed by atoms with E-state index < -0.39 is 17.9 Å². The zero-order valence-corrected chi connectivity index (χ0v) is 18.9. The molecular weight excluding hydrogens is 380 g/mol. The number of hydrogen-bond donors (Lipinski definition) is 2. The number of fused-ring (bicyclic) bond motifs is 5. The van der Waals surface area contributed by atoms with Crippen molar-refractivity contribution >= 4 is 5.97 Å². The minimum absolute atomic E-state index is 0.0443. The van der Waals surface area contributed by atoms with Crippen molar-refractivity contribution in [1.29, 1.82) is 0 Å². The Hall–Kier alpha value is -0.910. The van der Waals surface area contributed by atoms with Gasteiger partial charge < -0.3 is 19.7 Å². The summed E-state index contributed by atoms with van der Waals surface area (Å²) in [7, 11) is 0. The van der Waals surface area contributed by atoms with E-state index >= 15 is 0 Å². The van der Waals surface area contributed by atoms with Crippen molar-refractivity contribution in [3.63, 3.8) is 0 Å². The molecule has 1 saturated heterocycles. The molecule has 2 N–H and O–H groups in total. The van der Waals surface area contributed by atoms with Crippen LogP contribution in [0.25, 0.3) is 0 Å². The lowest BCUT2D eigenvalue weighted by Crippen LogP contribution is -2.66. The Kier molecular flexibility index (Phi) is 4.58. The van der Waals surface area contributed by atoms with Gasteiger partial charge in [0.2, 0.25) is 6.29 Å². The van der Waals surface area contributed by atoms with Crippen molar-refractivity contribution in [2.24, 2.45) is 34.0 Å². The number of hydrogen-bond acceptors (Lipinski definition) is 5. The van der Waals surface area contributed by atoms with E-state index in [9.17, 15) is 15.0 Å². The summed E-state index contributed by atoms with van der Waals surface area (Å²) < 4.78 is 10.9. The molecule has 5 nitrogen and oxygen atoms in total. The minimum Gasteiger partial charge on any atom is -0.429 e. The van der Waals surface area contributed by atoms with E-state index in [0.29, 0.717) is 28.7 Å². The Morgan fingerprint density at radius 1 is 0.967 bits per heavy atom. The van der Waals surface area contributed by atoms with Crippen LogP contribution in [0.2, 0.25) is 0 Å². The maximum atomic E-state index is 11.7. The summed E-state index contributed by atoms with van der Waals surface area (Å²) in [5.74, 6) is 0.929. The summed E-state index contributed by atoms with van der Waals surface area (Å²) in [6.45, 7) is 10.2. The predicted molar refractivity (Wildman–Crippen MR) is 112 cm³/mol. The molecule has 0 aromatic rings. The van der Waals surface area contributed by atoms with Gasteiger partial charge in [0.05, 0.1) is 18.3 Å². The minimum atomic E-state index is -1.21. The Labute approximate surface area is 180 Å². The molecule has 5 aliphatic rings. The zero-order chi connectivity index (χ0) is 21.5. The largest absolute Gasteiger partial charge is 0.429 e. The summed E-state index contributed by atoms with van der Waals surface area (Å²) in [4.78, 5) is 11.6. The normalized spacial score (nSPS) is 52.5. The van der Waals surface area contributed by atoms with Gasteiger partial charge in [0, 0.05) is 11.6 Å². The second-order valence-electron chi connectivity index (χ2n) is 12.2. The Balaban J connectivity index is 1.48. The summed E-state index contributed by atoms with van der Waals surface area (Å²) in [5.41, 5.74) is 0.449. The van der Waals surface area contributed by atoms with E-state index in [4.69, 9.17) is 9.47 Å². The zero-order valence-electron chi connectivity index (χ0n) is 18.9. The van der Waals surface area contributed by atoms with Crippen molar-refractivity contribution in [2.45, 2.75) is 97.1 Å². The van der Waals surface area contributed by atoms with Crippen molar-refractivity contribution in [1.82, 2.24) is 0 Å². The molecule has 4 fully saturated rings. The number of carbonyl (C=O) groups excluding carboxylic acids is 1. The third kappa shape index (κ3) is 2.80. The maximum absolute atomic E-state index is 11.7. The molecule has 0 spiro atoms. The third-order valence-corrected chi connectivity index (χ3v) is 10.3. The third-order valence-electron chi connectivity index (χ3n) is 10.3. The molecular formula is C25H38O5. The van der Waals surface area contributed by atoms with E-state index in [2.05, 4.69) is 27.7 Å². The van der Waals surface area contributed by atoms with Crippen LogP contribution in [0.1, 0.15) is 79.1 Å². The van der Waals surface area contributed by atoms with Crippen LogP contribution in [0.15, 0.2) is 11.6 Å². The highest BCUT2D eigenvalue weighted by Crippen LogP contribution is 2.70. The molecule has 5 rings (SSSR count). The van der Waals surface area contributed by atoms with Gasteiger partial charge in [-0.15, -0.1) is 0 Å². The van der Waals surface area contributed by atoms with Gasteiger partial charge in [-0.25, -0.2) is 4.79 Å². The number of rotatable bonds is 1. The van der Waals surface area contributed by atoms with Crippen LogP contribution in [-0.4, -0.2) is 40.8 Å². The van der Waals surface area contributed by atoms with Crippen LogP contribution in [0.3, 0.4) is 0 Å². The first kappa shape index (κ1) is 21.0. The van der Waals surface area contributed by atoms with Gasteiger partial charge in [-0.2, -0.15) is 0 Å². The molecule has 0 amide bonds. The van der Waals surface area contributed by atoms with Gasteiger partial charge in [-0.3, -0.25) is 0 Å². The molecule has 2 heterocycles. The second-order valence-corrected chi connectivity index (χ2v) is 12.2. The fourth-order valence-corrected chi connectivity index (χ4v) is 9.04. The van der Waals surface area contributed by atoms with E-state index in [1.54, 1.807) is 0 Å². The first-order chi connectivity index (χ1) is 14.0. The van der Waals surface area contributed by atoms with Gasteiger partial charge in [0.1, 0.15) is 0 Å². The Morgan fingerprint density at radius 3 is 2.37 bits per heavy atom. The lowest BCUT2D eigenvalue weighted by molar-refractivity contribution is -0.255. The van der Waals surface area contributed by atoms with Crippen LogP contribution in [0.5, 0.6) is 0 Å². The highest BCUT2D eigenvalue weighted by Gasteiger charge is 2.66. The molecule has 30 heavy (non-hydrogen) atoms. The van der Waals surface area contributed by atoms with E-state index in [1.165, 1.54) is 31.8 Å². The summed E-state index contributed by atoms with van der Waals surface area (Å²) in [6, 6.07) is 0. The van der Waals surface area contributed by atoms with Crippen molar-refractivity contribution in [3.8, 4) is 0 Å². The molecule has 0 aromatic carbocycles. The predicted octanol–water partition coefficient (Wildman–Crippen LogP) is 3.97. The van der Waals surface area contributed by atoms with Crippen LogP contribution in [-0.2, 0) is 14.3 Å². The van der Waals surface area contributed by atoms with Crippen molar-refractivity contribution in [2.75, 3.05) is 6.61 Å². The lowest BCUT2D eigenvalue weighted by Gasteiger charge is -2.68. The summed E-state index contributed by atoms with van der Waals surface area (Å²) in [6.07, 6.45) is 8.56. The fraction of sp³-hybridized carbons (Fsp3) is 0.880. The molecule has 5 heteroatoms. The standard InChI is InChI=1S/C25H38O5/c1-22(2)8-5-9-23(3)17(22)6-10-24(4)18(23)7-11-25(28)14-29-16(13-19(24)25)15-12-20(26)30-21(15)27/h12,16-19,21,27-28H,5-11,13-14H2,1-4H3/t16-,17-,18+,19-,21?,23-,24+,25+/m0/s1. The van der Waals surface area contributed by atoms with Gasteiger partial charge >= 0.3 is 5.97 Å². The van der Waals surface area contributed by atoms with Gasteiger partial charge in [0.25, 0.3) is 0 Å². The average molecular weight is 419 g/mol. The van der Waals surface area contributed by atoms with Gasteiger partial charge in [-0.05, 0) is 78.9 Å². The van der Waals surface area contributed by atoms with Crippen molar-refractivity contribution in [3.05, 3.63) is 11.6 Å². The molecule has 0 bridgehead atoms. The van der Waals surface area contributed by atoms with Crippen molar-refractivity contribution < 1.29 is 24.5 Å². The van der Waals surface area contributed by atoms with Crippen LogP contribution in [0, 0.1) is 34.0 Å². The number of ether oxygens (including phenoxy) is 2. The molecule has 1 unspecified atom stereocenters. The summed E-state index contributed by atoms with van der Waals surface area (Å²) >= 11 is 0. The molecule has 0 aromatic heterocycles. The maximum Gasteiger partial charge on any atom is 0.333 e. The first-order valence-corrected chi connectivity index (χ1v) is 11.9. The van der Waals surface area contributed by atoms with E-state index in [1.807, 2.05) is 0 Å². The number of esters is 1. The highest BCUT2D eigenvalue weighted by atomic mass is 16.6. The van der Waals surface area contributed by atoms with Gasteiger partial charge in [-0.1, -0.05) is 34.1 Å². The number of cyclic esters (lactones) is 1. The van der Waals surface area contributed by atoms with Crippen LogP contribution >= 0.6 is 0 Å². The Morgan fingerprint density at radius 2 is 1.67 bits per heavy atom. The van der Waals surface area contributed by atoms with Crippen LogP contribution in [0.4, 0.5) is 0 Å². The summed E-state index contributed by atoms with van der Waals surface area (Å²) in [5, 5.41) is 21.8. The molecule has 3 saturated carbocycles. The van der Waals surface area contributed by atoms with Gasteiger partial charge in [0.15, 0.2) is 0 Å². The Bertz CT molecular complexity index is 774. The quantitative estimate of drug-likeness (QED) is 0.630. The van der Waals surface area contributed by atoms with E-state index in [-0.39, 0.29) is 24.0 Å². The first-order valence-electron chi connectivity index (χ1n) is 11.9. The molecule has 0 radical (unpaired) electrons. The number of aliphatic hydroxyl groups excluding tert-OH is 1. The monoisotopic (exact) mass is 418 g/mol. The molecule has 168 valence electrons. The molecule has 2 aliphatic heterocycles. The highest BCUT2D eigenvalue weighted by molar-refractivity contribution is 5.85. The van der Waals surface area contributed by atoms with E-state index in [0.717, 1.165) is 25.2 Å². The smallest absolute Gasteiger partial charge is 0.333 e. The van der Waals surface area contributed by atoms with Crippen LogP contribution < -0.4 is 0 Å². The fourth-order valence-electron chi connectivity index (χ4n) is 9.04. The lowest BCUT2D eigenvalue weighted by atomic mass is 9.37. The SMILES string of the molecule is CC1(C)CCC[C@]2(C)[C@H]3CC[C@@]4(O)CO[C@H](C5=CC(=O)OC5O)C[C@H]4[C@]3(C)CC[C@@H]12. The number of carbonyl (C=O) groups is 1. The number of aliphatic hydroxyl groups is 2. The topological polar surface area (TPSA) is 76.0 Å². The average Bonchev–Trinajstić information content (AvgIpc) is 2.98. The molecule has 8 atom stereocenters.